The lowest BCUT2D eigenvalue weighted by Crippen LogP contribution is -2.03. The van der Waals surface area contributed by atoms with Crippen molar-refractivity contribution >= 4 is 22.3 Å². The number of rotatable bonds is 8. The van der Waals surface area contributed by atoms with Crippen molar-refractivity contribution in [2.24, 2.45) is 0 Å². The molecule has 1 aromatic carbocycles. The van der Waals surface area contributed by atoms with Crippen LogP contribution in [0.2, 0.25) is 0 Å². The number of anilines is 1. The van der Waals surface area contributed by atoms with Crippen LogP contribution >= 0.6 is 0 Å². The number of unbranched alkanes of at least 4 members (excludes halogenated alkanes) is 3. The molecule has 0 aliphatic rings. The number of non-ortho nitro benzene ring substituents is 1. The van der Waals surface area contributed by atoms with Crippen molar-refractivity contribution in [3.05, 3.63) is 40.6 Å². The molecule has 0 unspecified atom stereocenters. The summed E-state index contributed by atoms with van der Waals surface area (Å²) in [5.74, 6) is 0. The van der Waals surface area contributed by atoms with Gasteiger partial charge in [0.1, 0.15) is 5.52 Å². The third-order valence-corrected chi connectivity index (χ3v) is 3.35. The molecule has 0 saturated carbocycles. The first-order chi connectivity index (χ1) is 10.2. The highest BCUT2D eigenvalue weighted by Crippen LogP contribution is 2.28. The SMILES string of the molecule is O=[N+]([O-])c1cccc2c(NCCCCCCO)ccnc12. The second kappa shape index (κ2) is 7.54. The summed E-state index contributed by atoms with van der Waals surface area (Å²) in [7, 11) is 0. The molecule has 0 amide bonds. The minimum Gasteiger partial charge on any atom is -0.396 e. The van der Waals surface area contributed by atoms with Crippen LogP contribution in [0.4, 0.5) is 11.4 Å². The third-order valence-electron chi connectivity index (χ3n) is 3.35. The second-order valence-electron chi connectivity index (χ2n) is 4.85. The lowest BCUT2D eigenvalue weighted by Gasteiger charge is -2.09. The van der Waals surface area contributed by atoms with Crippen LogP contribution in [0.15, 0.2) is 30.5 Å². The van der Waals surface area contributed by atoms with Gasteiger partial charge in [0.25, 0.3) is 5.69 Å². The normalized spacial score (nSPS) is 10.7. The van der Waals surface area contributed by atoms with E-state index in [-0.39, 0.29) is 12.3 Å². The average molecular weight is 289 g/mol. The number of benzene rings is 1. The van der Waals surface area contributed by atoms with Gasteiger partial charge in [-0.15, -0.1) is 0 Å². The van der Waals surface area contributed by atoms with Crippen molar-refractivity contribution in [1.29, 1.82) is 0 Å². The highest BCUT2D eigenvalue weighted by Gasteiger charge is 2.13. The summed E-state index contributed by atoms with van der Waals surface area (Å²) in [5.41, 5.74) is 1.30. The van der Waals surface area contributed by atoms with Crippen LogP contribution in [0.5, 0.6) is 0 Å². The Labute approximate surface area is 123 Å². The van der Waals surface area contributed by atoms with Crippen LogP contribution in [0.3, 0.4) is 0 Å². The zero-order valence-electron chi connectivity index (χ0n) is 11.8. The predicted molar refractivity (Wildman–Crippen MR) is 82.4 cm³/mol. The Hall–Kier alpha value is -2.21. The van der Waals surface area contributed by atoms with Gasteiger partial charge in [0.05, 0.1) is 4.92 Å². The number of hydrogen-bond donors (Lipinski definition) is 2. The lowest BCUT2D eigenvalue weighted by atomic mass is 10.1. The first-order valence-electron chi connectivity index (χ1n) is 7.11. The van der Waals surface area contributed by atoms with Crippen molar-refractivity contribution in [1.82, 2.24) is 4.98 Å². The average Bonchev–Trinajstić information content (AvgIpc) is 2.50. The topological polar surface area (TPSA) is 88.3 Å². The fourth-order valence-electron chi connectivity index (χ4n) is 2.28. The Balaban J connectivity index is 2.07. The highest BCUT2D eigenvalue weighted by atomic mass is 16.6. The Morgan fingerprint density at radius 1 is 1.19 bits per heavy atom. The Bertz CT molecular complexity index is 616. The number of fused-ring (bicyclic) bond motifs is 1. The van der Waals surface area contributed by atoms with E-state index in [4.69, 9.17) is 5.11 Å². The van der Waals surface area contributed by atoms with Gasteiger partial charge in [0, 0.05) is 36.5 Å². The van der Waals surface area contributed by atoms with E-state index in [2.05, 4.69) is 10.3 Å². The first kappa shape index (κ1) is 15.2. The summed E-state index contributed by atoms with van der Waals surface area (Å²) < 4.78 is 0. The van der Waals surface area contributed by atoms with Gasteiger partial charge in [0.2, 0.25) is 0 Å². The molecule has 6 nitrogen and oxygen atoms in total. The Morgan fingerprint density at radius 3 is 2.76 bits per heavy atom. The number of para-hydroxylation sites is 1. The quantitative estimate of drug-likeness (QED) is 0.443. The van der Waals surface area contributed by atoms with Gasteiger partial charge < -0.3 is 10.4 Å². The molecular formula is C15H19N3O3. The van der Waals surface area contributed by atoms with E-state index >= 15 is 0 Å². The first-order valence-corrected chi connectivity index (χ1v) is 7.11. The van der Waals surface area contributed by atoms with E-state index < -0.39 is 4.92 Å². The van der Waals surface area contributed by atoms with Crippen LogP contribution in [0.1, 0.15) is 25.7 Å². The number of aliphatic hydroxyl groups excluding tert-OH is 1. The van der Waals surface area contributed by atoms with E-state index in [9.17, 15) is 10.1 Å². The summed E-state index contributed by atoms with van der Waals surface area (Å²) in [4.78, 5) is 14.7. The largest absolute Gasteiger partial charge is 0.396 e. The molecular weight excluding hydrogens is 270 g/mol. The van der Waals surface area contributed by atoms with Gasteiger partial charge in [-0.05, 0) is 18.9 Å². The van der Waals surface area contributed by atoms with E-state index in [1.54, 1.807) is 12.3 Å². The van der Waals surface area contributed by atoms with Gasteiger partial charge >= 0.3 is 0 Å². The molecule has 2 N–H and O–H groups in total. The molecule has 1 aromatic heterocycles. The number of nitro groups is 1. The molecule has 0 fully saturated rings. The molecule has 0 aliphatic carbocycles. The monoisotopic (exact) mass is 289 g/mol. The van der Waals surface area contributed by atoms with E-state index in [1.165, 1.54) is 6.07 Å². The summed E-state index contributed by atoms with van der Waals surface area (Å²) in [5, 5.41) is 23.8. The second-order valence-corrected chi connectivity index (χ2v) is 4.85. The zero-order chi connectivity index (χ0) is 15.1. The molecule has 21 heavy (non-hydrogen) atoms. The van der Waals surface area contributed by atoms with Crippen LogP contribution < -0.4 is 5.32 Å². The number of aromatic nitrogens is 1. The number of nitrogens with zero attached hydrogens (tertiary/aromatic N) is 2. The molecule has 1 heterocycles. The maximum absolute atomic E-state index is 11.0. The molecule has 2 aromatic rings. The van der Waals surface area contributed by atoms with Crippen molar-refractivity contribution in [2.45, 2.75) is 25.7 Å². The molecule has 112 valence electrons. The van der Waals surface area contributed by atoms with E-state index in [0.717, 1.165) is 43.3 Å². The van der Waals surface area contributed by atoms with Crippen molar-refractivity contribution in [3.63, 3.8) is 0 Å². The molecule has 6 heteroatoms. The minimum atomic E-state index is -0.409. The van der Waals surface area contributed by atoms with E-state index in [0.29, 0.717) is 5.52 Å². The standard InChI is InChI=1S/C15H19N3O3/c19-11-4-2-1-3-9-16-13-8-10-17-15-12(13)6-5-7-14(15)18(20)21/h5-8,10,19H,1-4,9,11H2,(H,16,17). The fourth-order valence-corrected chi connectivity index (χ4v) is 2.28. The molecule has 0 saturated heterocycles. The van der Waals surface area contributed by atoms with Crippen LogP contribution in [-0.2, 0) is 0 Å². The summed E-state index contributed by atoms with van der Waals surface area (Å²) >= 11 is 0. The van der Waals surface area contributed by atoms with Crippen molar-refractivity contribution in [3.8, 4) is 0 Å². The molecule has 2 rings (SSSR count). The number of nitrogens with one attached hydrogen (secondary N) is 1. The number of hydrogen-bond acceptors (Lipinski definition) is 5. The molecule has 0 atom stereocenters. The predicted octanol–water partition coefficient (Wildman–Crippen LogP) is 3.11. The fraction of sp³-hybridized carbons (Fsp3) is 0.400. The van der Waals surface area contributed by atoms with Gasteiger partial charge in [-0.1, -0.05) is 25.0 Å². The Morgan fingerprint density at radius 2 is 2.00 bits per heavy atom. The van der Waals surface area contributed by atoms with Crippen LogP contribution in [0.25, 0.3) is 10.9 Å². The molecule has 0 aliphatic heterocycles. The molecule has 0 bridgehead atoms. The van der Waals surface area contributed by atoms with Crippen molar-refractivity contribution < 1.29 is 10.0 Å². The lowest BCUT2D eigenvalue weighted by molar-refractivity contribution is -0.383. The number of nitro benzene ring substituents is 1. The van der Waals surface area contributed by atoms with Gasteiger partial charge in [-0.3, -0.25) is 10.1 Å². The summed E-state index contributed by atoms with van der Waals surface area (Å²) in [6, 6.07) is 6.81. The van der Waals surface area contributed by atoms with Crippen LogP contribution in [0, 0.1) is 10.1 Å². The highest BCUT2D eigenvalue weighted by molar-refractivity contribution is 5.96. The van der Waals surface area contributed by atoms with Gasteiger partial charge in [-0.2, -0.15) is 0 Å². The summed E-state index contributed by atoms with van der Waals surface area (Å²) in [6.45, 7) is 1.04. The molecule has 0 radical (unpaired) electrons. The maximum atomic E-state index is 11.0. The van der Waals surface area contributed by atoms with Crippen molar-refractivity contribution in [2.75, 3.05) is 18.5 Å². The van der Waals surface area contributed by atoms with Gasteiger partial charge in [-0.25, -0.2) is 4.98 Å². The zero-order valence-corrected chi connectivity index (χ0v) is 11.8. The van der Waals surface area contributed by atoms with Gasteiger partial charge in [0.15, 0.2) is 0 Å². The smallest absolute Gasteiger partial charge is 0.295 e. The number of aliphatic hydroxyl groups is 1. The molecule has 0 spiro atoms. The minimum absolute atomic E-state index is 0.0269. The number of pyridine rings is 1. The third kappa shape index (κ3) is 3.88. The van der Waals surface area contributed by atoms with Crippen LogP contribution in [-0.4, -0.2) is 28.2 Å². The summed E-state index contributed by atoms with van der Waals surface area (Å²) in [6.07, 6.45) is 5.49. The Kier molecular flexibility index (Phi) is 5.45. The van der Waals surface area contributed by atoms with E-state index in [1.807, 2.05) is 12.1 Å². The maximum Gasteiger partial charge on any atom is 0.295 e.